The molecule has 1 heterocycles. The van der Waals surface area contributed by atoms with E-state index < -0.39 is 6.09 Å². The molecule has 1 aromatic heterocycles. The molecule has 5 N–H and O–H groups in total. The lowest BCUT2D eigenvalue weighted by atomic mass is 10.1. The first kappa shape index (κ1) is 16.4. The maximum absolute atomic E-state index is 11.7. The molecule has 2 aromatic carbocycles. The Kier molecular flexibility index (Phi) is 4.56. The number of nitrogens with one attached hydrogen (secondary N) is 1. The molecule has 0 aliphatic rings. The molecule has 0 bridgehead atoms. The molecule has 7 heteroatoms. The fourth-order valence-corrected chi connectivity index (χ4v) is 2.44. The minimum Gasteiger partial charge on any atom is -0.454 e. The zero-order valence-corrected chi connectivity index (χ0v) is 13.7. The summed E-state index contributed by atoms with van der Waals surface area (Å²) >= 11 is 0. The van der Waals surface area contributed by atoms with E-state index in [1.54, 1.807) is 25.1 Å². The second-order valence-electron chi connectivity index (χ2n) is 5.22. The number of ether oxygens (including phenoxy) is 2. The second kappa shape index (κ2) is 6.96. The minimum absolute atomic E-state index is 0.130. The van der Waals surface area contributed by atoms with Gasteiger partial charge in [0.2, 0.25) is 0 Å². The van der Waals surface area contributed by atoms with E-state index in [2.05, 4.69) is 10.3 Å². The maximum Gasteiger partial charge on any atom is 0.411 e. The predicted molar refractivity (Wildman–Crippen MR) is 97.7 cm³/mol. The Bertz CT molecular complexity index is 927. The first-order valence-corrected chi connectivity index (χ1v) is 7.73. The van der Waals surface area contributed by atoms with Crippen molar-refractivity contribution in [3.8, 4) is 11.5 Å². The Hall–Kier alpha value is -3.48. The van der Waals surface area contributed by atoms with E-state index in [-0.39, 0.29) is 18.1 Å². The summed E-state index contributed by atoms with van der Waals surface area (Å²) in [6.45, 7) is 1.95. The molecule has 3 aromatic rings. The third-order valence-corrected chi connectivity index (χ3v) is 3.58. The van der Waals surface area contributed by atoms with Crippen molar-refractivity contribution in [2.45, 2.75) is 6.92 Å². The minimum atomic E-state index is -0.630. The maximum atomic E-state index is 11.7. The van der Waals surface area contributed by atoms with Crippen molar-refractivity contribution in [2.24, 2.45) is 0 Å². The van der Waals surface area contributed by atoms with E-state index in [0.29, 0.717) is 17.2 Å². The summed E-state index contributed by atoms with van der Waals surface area (Å²) in [7, 11) is 0. The summed E-state index contributed by atoms with van der Waals surface area (Å²) in [4.78, 5) is 15.7. The van der Waals surface area contributed by atoms with Crippen LogP contribution in [0.1, 0.15) is 6.92 Å². The number of anilines is 3. The lowest BCUT2D eigenvalue weighted by Crippen LogP contribution is -2.15. The van der Waals surface area contributed by atoms with Crippen LogP contribution in [0.15, 0.2) is 48.7 Å². The summed E-state index contributed by atoms with van der Waals surface area (Å²) in [5, 5.41) is 4.29. The number of nitrogen functional groups attached to an aromatic ring is 2. The van der Waals surface area contributed by atoms with Crippen LogP contribution in [-0.4, -0.2) is 17.7 Å². The van der Waals surface area contributed by atoms with Gasteiger partial charge in [-0.25, -0.2) is 9.78 Å². The highest BCUT2D eigenvalue weighted by atomic mass is 16.5. The fraction of sp³-hybridized carbons (Fsp3) is 0.111. The molecule has 0 atom stereocenters. The van der Waals surface area contributed by atoms with Crippen molar-refractivity contribution in [3.63, 3.8) is 0 Å². The zero-order chi connectivity index (χ0) is 17.8. The molecule has 0 saturated heterocycles. The van der Waals surface area contributed by atoms with Gasteiger partial charge in [-0.05, 0) is 19.1 Å². The van der Waals surface area contributed by atoms with Crippen molar-refractivity contribution < 1.29 is 14.3 Å². The third kappa shape index (κ3) is 3.40. The van der Waals surface area contributed by atoms with Gasteiger partial charge in [-0.1, -0.05) is 24.3 Å². The van der Waals surface area contributed by atoms with Crippen molar-refractivity contribution in [3.05, 3.63) is 48.7 Å². The summed E-state index contributed by atoms with van der Waals surface area (Å²) in [5.41, 5.74) is 12.8. The molecule has 25 heavy (non-hydrogen) atoms. The molecule has 1 amide bonds. The monoisotopic (exact) mass is 338 g/mol. The molecule has 3 rings (SSSR count). The highest BCUT2D eigenvalue weighted by molar-refractivity contribution is 5.97. The Morgan fingerprint density at radius 2 is 1.84 bits per heavy atom. The summed E-state index contributed by atoms with van der Waals surface area (Å²) < 4.78 is 10.9. The first-order valence-electron chi connectivity index (χ1n) is 7.73. The Morgan fingerprint density at radius 1 is 1.08 bits per heavy atom. The van der Waals surface area contributed by atoms with Gasteiger partial charge in [0.1, 0.15) is 11.4 Å². The SMILES string of the molecule is CCOC(=O)Nc1c(Oc2ccc(N)c3ccccc23)ccnc1N. The molecule has 7 nitrogen and oxygen atoms in total. The number of nitrogens with zero attached hydrogens (tertiary/aromatic N) is 1. The summed E-state index contributed by atoms with van der Waals surface area (Å²) in [6.07, 6.45) is 0.870. The van der Waals surface area contributed by atoms with Crippen LogP contribution in [0.2, 0.25) is 0 Å². The van der Waals surface area contributed by atoms with Gasteiger partial charge in [-0.3, -0.25) is 5.32 Å². The Morgan fingerprint density at radius 3 is 2.60 bits per heavy atom. The summed E-state index contributed by atoms with van der Waals surface area (Å²) in [6, 6.07) is 12.8. The van der Waals surface area contributed by atoms with Crippen molar-refractivity contribution in [1.82, 2.24) is 4.98 Å². The van der Waals surface area contributed by atoms with Crippen LogP contribution in [0.5, 0.6) is 11.5 Å². The fourth-order valence-electron chi connectivity index (χ4n) is 2.44. The van der Waals surface area contributed by atoms with E-state index in [4.69, 9.17) is 20.9 Å². The topological polar surface area (TPSA) is 112 Å². The Labute approximate surface area is 144 Å². The van der Waals surface area contributed by atoms with Crippen LogP contribution in [-0.2, 0) is 4.74 Å². The van der Waals surface area contributed by atoms with E-state index >= 15 is 0 Å². The van der Waals surface area contributed by atoms with Gasteiger partial charge < -0.3 is 20.9 Å². The molecule has 0 saturated carbocycles. The van der Waals surface area contributed by atoms with Gasteiger partial charge in [0, 0.05) is 28.7 Å². The third-order valence-electron chi connectivity index (χ3n) is 3.58. The normalized spacial score (nSPS) is 10.4. The number of aromatic nitrogens is 1. The molecule has 0 spiro atoms. The lowest BCUT2D eigenvalue weighted by molar-refractivity contribution is 0.168. The molecular formula is C18H18N4O3. The number of rotatable bonds is 4. The van der Waals surface area contributed by atoms with Crippen LogP contribution < -0.4 is 21.5 Å². The van der Waals surface area contributed by atoms with Gasteiger partial charge in [0.05, 0.1) is 6.61 Å². The van der Waals surface area contributed by atoms with E-state index in [0.717, 1.165) is 10.8 Å². The van der Waals surface area contributed by atoms with Crippen LogP contribution in [0, 0.1) is 0 Å². The molecule has 0 radical (unpaired) electrons. The van der Waals surface area contributed by atoms with Gasteiger partial charge >= 0.3 is 6.09 Å². The van der Waals surface area contributed by atoms with Crippen molar-refractivity contribution >= 4 is 34.1 Å². The number of pyridine rings is 1. The number of carbonyl (C=O) groups excluding carboxylic acids is 1. The van der Waals surface area contributed by atoms with Crippen LogP contribution in [0.25, 0.3) is 10.8 Å². The highest BCUT2D eigenvalue weighted by Crippen LogP contribution is 2.37. The van der Waals surface area contributed by atoms with Gasteiger partial charge in [-0.2, -0.15) is 0 Å². The van der Waals surface area contributed by atoms with E-state index in [1.165, 1.54) is 6.20 Å². The smallest absolute Gasteiger partial charge is 0.411 e. The van der Waals surface area contributed by atoms with Crippen LogP contribution in [0.3, 0.4) is 0 Å². The predicted octanol–water partition coefficient (Wildman–Crippen LogP) is 3.76. The van der Waals surface area contributed by atoms with Crippen molar-refractivity contribution in [1.29, 1.82) is 0 Å². The second-order valence-corrected chi connectivity index (χ2v) is 5.22. The van der Waals surface area contributed by atoms with Gasteiger partial charge in [0.15, 0.2) is 11.6 Å². The number of benzene rings is 2. The number of hydrogen-bond donors (Lipinski definition) is 3. The lowest BCUT2D eigenvalue weighted by Gasteiger charge is -2.15. The average Bonchev–Trinajstić information content (AvgIpc) is 2.61. The van der Waals surface area contributed by atoms with Crippen molar-refractivity contribution in [2.75, 3.05) is 23.4 Å². The quantitative estimate of drug-likeness (QED) is 0.624. The Balaban J connectivity index is 2.00. The number of fused-ring (bicyclic) bond motifs is 1. The molecule has 0 unspecified atom stereocenters. The van der Waals surface area contributed by atoms with Crippen LogP contribution in [0.4, 0.5) is 22.0 Å². The number of amides is 1. The van der Waals surface area contributed by atoms with E-state index in [9.17, 15) is 4.79 Å². The van der Waals surface area contributed by atoms with Gasteiger partial charge in [-0.15, -0.1) is 0 Å². The van der Waals surface area contributed by atoms with Crippen LogP contribution >= 0.6 is 0 Å². The number of carbonyl (C=O) groups is 1. The highest BCUT2D eigenvalue weighted by Gasteiger charge is 2.15. The average molecular weight is 338 g/mol. The molecule has 0 aliphatic heterocycles. The molecule has 128 valence electrons. The first-order chi connectivity index (χ1) is 12.1. The molecule has 0 aliphatic carbocycles. The summed E-state index contributed by atoms with van der Waals surface area (Å²) in [5.74, 6) is 1.07. The standard InChI is InChI=1S/C18H18N4O3/c1-2-24-18(23)22-16-15(9-10-21-17(16)20)25-14-8-7-13(19)11-5-3-4-6-12(11)14/h3-10H,2,19H2,1H3,(H2,20,21)(H,22,23). The number of nitrogens with two attached hydrogens (primary N) is 2. The molecular weight excluding hydrogens is 320 g/mol. The zero-order valence-electron chi connectivity index (χ0n) is 13.7. The largest absolute Gasteiger partial charge is 0.454 e. The molecule has 0 fully saturated rings. The van der Waals surface area contributed by atoms with E-state index in [1.807, 2.05) is 24.3 Å². The van der Waals surface area contributed by atoms with Gasteiger partial charge in [0.25, 0.3) is 0 Å². The number of hydrogen-bond acceptors (Lipinski definition) is 6.